The van der Waals surface area contributed by atoms with Gasteiger partial charge in [0, 0.05) is 0 Å². The van der Waals surface area contributed by atoms with Crippen LogP contribution in [0.5, 0.6) is 0 Å². The fourth-order valence-electron chi connectivity index (χ4n) is 0.801. The predicted molar refractivity (Wildman–Crippen MR) is 50.1 cm³/mol. The van der Waals surface area contributed by atoms with Crippen molar-refractivity contribution >= 4 is 21.9 Å². The third-order valence-corrected chi connectivity index (χ3v) is 2.18. The van der Waals surface area contributed by atoms with Gasteiger partial charge in [0.2, 0.25) is 0 Å². The Kier molecular flexibility index (Phi) is 3.98. The summed E-state index contributed by atoms with van der Waals surface area (Å²) < 4.78 is 10.5. The first-order valence-corrected chi connectivity index (χ1v) is 4.52. The van der Waals surface area contributed by atoms with E-state index in [1.54, 1.807) is 12.3 Å². The molecule has 0 unspecified atom stereocenters. The van der Waals surface area contributed by atoms with Gasteiger partial charge >= 0.3 is 5.97 Å². The van der Waals surface area contributed by atoms with Gasteiger partial charge in [0.25, 0.3) is 0 Å². The summed E-state index contributed by atoms with van der Waals surface area (Å²) in [4.78, 5) is 10.7. The molecule has 0 radical (unpaired) electrons. The van der Waals surface area contributed by atoms with Crippen molar-refractivity contribution in [3.8, 4) is 0 Å². The van der Waals surface area contributed by atoms with E-state index >= 15 is 0 Å². The Hall–Kier alpha value is -0.810. The number of methoxy groups -OCH3 is 1. The minimum atomic E-state index is -0.289. The standard InChI is InChI=1S/C8H10BrNO3/c1-12-8(11)5-10-4-7-6(9)2-3-13-7/h2-3,10H,4-5H2,1H3. The van der Waals surface area contributed by atoms with Crippen molar-refractivity contribution in [3.63, 3.8) is 0 Å². The van der Waals surface area contributed by atoms with Gasteiger partial charge in [-0.25, -0.2) is 0 Å². The molecule has 0 saturated heterocycles. The number of carbonyl (C=O) groups is 1. The molecule has 4 nitrogen and oxygen atoms in total. The summed E-state index contributed by atoms with van der Waals surface area (Å²) >= 11 is 3.30. The maximum absolute atomic E-state index is 10.7. The molecular weight excluding hydrogens is 238 g/mol. The first kappa shape index (κ1) is 10.3. The molecule has 72 valence electrons. The third-order valence-electron chi connectivity index (χ3n) is 1.47. The second-order valence-corrected chi connectivity index (χ2v) is 3.23. The summed E-state index contributed by atoms with van der Waals surface area (Å²) in [5.41, 5.74) is 0. The monoisotopic (exact) mass is 247 g/mol. The summed E-state index contributed by atoms with van der Waals surface area (Å²) in [5.74, 6) is 0.478. The molecule has 5 heteroatoms. The highest BCUT2D eigenvalue weighted by molar-refractivity contribution is 9.10. The van der Waals surface area contributed by atoms with Crippen molar-refractivity contribution in [1.82, 2.24) is 5.32 Å². The summed E-state index contributed by atoms with van der Waals surface area (Å²) in [5, 5.41) is 2.88. The molecule has 0 aromatic carbocycles. The number of esters is 1. The van der Waals surface area contributed by atoms with E-state index < -0.39 is 0 Å². The molecule has 13 heavy (non-hydrogen) atoms. The molecule has 1 heterocycles. The largest absolute Gasteiger partial charge is 0.468 e. The number of nitrogens with one attached hydrogen (secondary N) is 1. The molecular formula is C8H10BrNO3. The first-order valence-electron chi connectivity index (χ1n) is 3.73. The van der Waals surface area contributed by atoms with E-state index in [1.807, 2.05) is 0 Å². The van der Waals surface area contributed by atoms with Crippen LogP contribution in [0.1, 0.15) is 5.76 Å². The quantitative estimate of drug-likeness (QED) is 0.816. The van der Waals surface area contributed by atoms with E-state index in [9.17, 15) is 4.79 Å². The van der Waals surface area contributed by atoms with Gasteiger partial charge in [-0.15, -0.1) is 0 Å². The third kappa shape index (κ3) is 3.20. The molecule has 0 amide bonds. The maximum Gasteiger partial charge on any atom is 0.319 e. The van der Waals surface area contributed by atoms with E-state index in [0.29, 0.717) is 6.54 Å². The van der Waals surface area contributed by atoms with Crippen molar-refractivity contribution in [2.75, 3.05) is 13.7 Å². The van der Waals surface area contributed by atoms with Gasteiger partial charge in [0.15, 0.2) is 0 Å². The molecule has 0 bridgehead atoms. The Morgan fingerprint density at radius 1 is 1.77 bits per heavy atom. The molecule has 0 aliphatic heterocycles. The fourth-order valence-corrected chi connectivity index (χ4v) is 1.14. The molecule has 1 rings (SSSR count). The highest BCUT2D eigenvalue weighted by Crippen LogP contribution is 2.16. The van der Waals surface area contributed by atoms with Crippen LogP contribution in [0.3, 0.4) is 0 Å². The highest BCUT2D eigenvalue weighted by Gasteiger charge is 2.04. The summed E-state index contributed by atoms with van der Waals surface area (Å²) in [6.45, 7) is 0.687. The summed E-state index contributed by atoms with van der Waals surface area (Å²) in [6, 6.07) is 1.80. The van der Waals surface area contributed by atoms with Crippen LogP contribution in [0.4, 0.5) is 0 Å². The Morgan fingerprint density at radius 2 is 2.54 bits per heavy atom. The summed E-state index contributed by atoms with van der Waals surface area (Å²) in [7, 11) is 1.35. The Labute approximate surface area is 84.4 Å². The van der Waals surface area contributed by atoms with Crippen molar-refractivity contribution in [3.05, 3.63) is 22.6 Å². The molecule has 0 spiro atoms. The molecule has 1 aromatic heterocycles. The van der Waals surface area contributed by atoms with E-state index in [0.717, 1.165) is 10.2 Å². The average molecular weight is 248 g/mol. The number of hydrogen-bond donors (Lipinski definition) is 1. The SMILES string of the molecule is COC(=O)CNCc1occc1Br. The van der Waals surface area contributed by atoms with Gasteiger partial charge in [0.05, 0.1) is 30.9 Å². The van der Waals surface area contributed by atoms with Gasteiger partial charge in [-0.2, -0.15) is 0 Å². The predicted octanol–water partition coefficient (Wildman–Crippen LogP) is 1.30. The van der Waals surface area contributed by atoms with Crippen molar-refractivity contribution in [1.29, 1.82) is 0 Å². The molecule has 0 fully saturated rings. The van der Waals surface area contributed by atoms with E-state index in [-0.39, 0.29) is 12.5 Å². The normalized spacial score (nSPS) is 10.0. The van der Waals surface area contributed by atoms with Gasteiger partial charge in [0.1, 0.15) is 5.76 Å². The number of rotatable bonds is 4. The maximum atomic E-state index is 10.7. The molecule has 0 aliphatic carbocycles. The lowest BCUT2D eigenvalue weighted by Gasteiger charge is -2.00. The fraction of sp³-hybridized carbons (Fsp3) is 0.375. The van der Waals surface area contributed by atoms with Crippen LogP contribution >= 0.6 is 15.9 Å². The zero-order valence-corrected chi connectivity index (χ0v) is 8.76. The van der Waals surface area contributed by atoms with Crippen molar-refractivity contribution in [2.24, 2.45) is 0 Å². The topological polar surface area (TPSA) is 51.5 Å². The van der Waals surface area contributed by atoms with Crippen LogP contribution in [-0.4, -0.2) is 19.6 Å². The Morgan fingerprint density at radius 3 is 3.08 bits per heavy atom. The molecule has 0 atom stereocenters. The lowest BCUT2D eigenvalue weighted by atomic mass is 10.4. The molecule has 0 saturated carbocycles. The van der Waals surface area contributed by atoms with Crippen LogP contribution in [0.2, 0.25) is 0 Å². The van der Waals surface area contributed by atoms with Crippen LogP contribution < -0.4 is 5.32 Å². The lowest BCUT2D eigenvalue weighted by Crippen LogP contribution is -2.23. The number of ether oxygens (including phenoxy) is 1. The van der Waals surface area contributed by atoms with Crippen molar-refractivity contribution < 1.29 is 13.9 Å². The van der Waals surface area contributed by atoms with Crippen LogP contribution in [0.25, 0.3) is 0 Å². The van der Waals surface area contributed by atoms with E-state index in [2.05, 4.69) is 26.0 Å². The number of furan rings is 1. The minimum Gasteiger partial charge on any atom is -0.468 e. The van der Waals surface area contributed by atoms with Crippen molar-refractivity contribution in [2.45, 2.75) is 6.54 Å². The van der Waals surface area contributed by atoms with Crippen LogP contribution in [0, 0.1) is 0 Å². The van der Waals surface area contributed by atoms with E-state index in [1.165, 1.54) is 7.11 Å². The lowest BCUT2D eigenvalue weighted by molar-refractivity contribution is -0.139. The van der Waals surface area contributed by atoms with E-state index in [4.69, 9.17) is 4.42 Å². The number of halogens is 1. The second-order valence-electron chi connectivity index (χ2n) is 2.37. The zero-order valence-electron chi connectivity index (χ0n) is 7.17. The first-order chi connectivity index (χ1) is 6.24. The van der Waals surface area contributed by atoms with Gasteiger partial charge in [-0.05, 0) is 22.0 Å². The van der Waals surface area contributed by atoms with Crippen LogP contribution in [0.15, 0.2) is 21.2 Å². The van der Waals surface area contributed by atoms with Gasteiger partial charge in [-0.3, -0.25) is 10.1 Å². The smallest absolute Gasteiger partial charge is 0.319 e. The molecule has 0 aliphatic rings. The second kappa shape index (κ2) is 5.04. The summed E-state index contributed by atoms with van der Waals surface area (Å²) in [6.07, 6.45) is 1.58. The number of carbonyl (C=O) groups excluding carboxylic acids is 1. The highest BCUT2D eigenvalue weighted by atomic mass is 79.9. The molecule has 1 aromatic rings. The van der Waals surface area contributed by atoms with Gasteiger partial charge < -0.3 is 9.15 Å². The Bertz CT molecular complexity index is 285. The average Bonchev–Trinajstić information content (AvgIpc) is 2.52. The molecule has 1 N–H and O–H groups in total. The Balaban J connectivity index is 2.28. The number of hydrogen-bond acceptors (Lipinski definition) is 4. The minimum absolute atomic E-state index is 0.184. The zero-order chi connectivity index (χ0) is 9.68. The van der Waals surface area contributed by atoms with Gasteiger partial charge in [-0.1, -0.05) is 0 Å². The van der Waals surface area contributed by atoms with Crippen LogP contribution in [-0.2, 0) is 16.1 Å².